The van der Waals surface area contributed by atoms with Gasteiger partial charge in [-0.2, -0.15) is 0 Å². The highest BCUT2D eigenvalue weighted by molar-refractivity contribution is 7.80. The van der Waals surface area contributed by atoms with E-state index in [-0.39, 0.29) is 16.2 Å². The van der Waals surface area contributed by atoms with Gasteiger partial charge >= 0.3 is 5.97 Å². The molecule has 1 fully saturated rings. The summed E-state index contributed by atoms with van der Waals surface area (Å²) in [5.41, 5.74) is 2.28. The average molecular weight is 430 g/mol. The number of rotatable bonds is 4. The van der Waals surface area contributed by atoms with E-state index < -0.39 is 17.8 Å². The van der Waals surface area contributed by atoms with Crippen molar-refractivity contribution in [3.8, 4) is 11.3 Å². The lowest BCUT2D eigenvalue weighted by Gasteiger charge is -2.28. The molecule has 4 rings (SSSR count). The van der Waals surface area contributed by atoms with Gasteiger partial charge in [-0.05, 0) is 54.7 Å². The van der Waals surface area contributed by atoms with Crippen molar-refractivity contribution < 1.29 is 23.9 Å². The van der Waals surface area contributed by atoms with E-state index in [4.69, 9.17) is 21.7 Å². The van der Waals surface area contributed by atoms with Crippen LogP contribution >= 0.6 is 12.2 Å². The number of anilines is 1. The van der Waals surface area contributed by atoms with Crippen LogP contribution in [0.4, 0.5) is 5.69 Å². The number of benzene rings is 2. The molecule has 0 unspecified atom stereocenters. The van der Waals surface area contributed by atoms with Gasteiger partial charge in [0.25, 0.3) is 11.8 Å². The molecule has 1 aromatic heterocycles. The van der Waals surface area contributed by atoms with Crippen LogP contribution in [0.1, 0.15) is 16.1 Å². The second kappa shape index (κ2) is 8.04. The molecule has 9 heteroatoms. The van der Waals surface area contributed by atoms with Crippen LogP contribution in [0.2, 0.25) is 0 Å². The van der Waals surface area contributed by atoms with Gasteiger partial charge in [-0.15, -0.1) is 0 Å². The van der Waals surface area contributed by atoms with Gasteiger partial charge in [0, 0.05) is 5.56 Å². The molecule has 1 saturated heterocycles. The van der Waals surface area contributed by atoms with Gasteiger partial charge in [0.2, 0.25) is 0 Å². The van der Waals surface area contributed by atoms with E-state index in [9.17, 15) is 14.4 Å². The third-order valence-electron chi connectivity index (χ3n) is 4.72. The van der Waals surface area contributed by atoms with Crippen LogP contribution in [0, 0.1) is 0 Å². The zero-order valence-electron chi connectivity index (χ0n) is 16.3. The summed E-state index contributed by atoms with van der Waals surface area (Å²) in [5.74, 6) is -1.41. The zero-order valence-corrected chi connectivity index (χ0v) is 17.1. The number of hydrogen-bond donors (Lipinski definition) is 2. The largest absolute Gasteiger partial charge is 0.478 e. The van der Waals surface area contributed by atoms with Crippen molar-refractivity contribution in [1.29, 1.82) is 0 Å². The van der Waals surface area contributed by atoms with E-state index in [2.05, 4.69) is 5.32 Å². The molecule has 0 atom stereocenters. The highest BCUT2D eigenvalue weighted by Gasteiger charge is 2.34. The Hall–Kier alpha value is -3.98. The van der Waals surface area contributed by atoms with Gasteiger partial charge in [0.15, 0.2) is 5.11 Å². The van der Waals surface area contributed by atoms with E-state index in [0.717, 1.165) is 5.46 Å². The normalized spacial score (nSPS) is 15.3. The Kier molecular flexibility index (Phi) is 5.27. The van der Waals surface area contributed by atoms with Crippen molar-refractivity contribution in [2.45, 2.75) is 0 Å². The number of carboxylic acids is 1. The first-order valence-electron chi connectivity index (χ1n) is 9.25. The molecule has 0 bridgehead atoms. The van der Waals surface area contributed by atoms with Gasteiger partial charge in [-0.3, -0.25) is 19.8 Å². The van der Waals surface area contributed by atoms with Crippen molar-refractivity contribution in [1.82, 2.24) is 5.32 Å². The Morgan fingerprint density at radius 1 is 1.03 bits per heavy atom. The molecule has 152 valence electrons. The summed E-state index contributed by atoms with van der Waals surface area (Å²) in [5, 5.41) is 11.5. The Labute approximate surface area is 183 Å². The van der Waals surface area contributed by atoms with E-state index in [1.807, 2.05) is 20.0 Å². The summed E-state index contributed by atoms with van der Waals surface area (Å²) in [6.07, 6.45) is 1.36. The molecule has 0 radical (unpaired) electrons. The van der Waals surface area contributed by atoms with Crippen molar-refractivity contribution in [2.24, 2.45) is 0 Å². The first-order valence-corrected chi connectivity index (χ1v) is 9.66. The molecule has 2 heterocycles. The van der Waals surface area contributed by atoms with Crippen LogP contribution in [0.15, 0.2) is 70.7 Å². The van der Waals surface area contributed by atoms with Crippen molar-refractivity contribution in [3.63, 3.8) is 0 Å². The van der Waals surface area contributed by atoms with Gasteiger partial charge < -0.3 is 9.52 Å². The summed E-state index contributed by atoms with van der Waals surface area (Å²) >= 11 is 5.19. The lowest BCUT2D eigenvalue weighted by atomic mass is 9.96. The fourth-order valence-electron chi connectivity index (χ4n) is 3.09. The molecule has 2 N–H and O–H groups in total. The third-order valence-corrected chi connectivity index (χ3v) is 5.01. The summed E-state index contributed by atoms with van der Waals surface area (Å²) in [7, 11) is 1.93. The molecule has 1 aliphatic rings. The van der Waals surface area contributed by atoms with E-state index in [0.29, 0.717) is 22.8 Å². The molecule has 7 nitrogen and oxygen atoms in total. The van der Waals surface area contributed by atoms with Crippen LogP contribution < -0.4 is 15.7 Å². The average Bonchev–Trinajstić information content (AvgIpc) is 3.21. The fourth-order valence-corrected chi connectivity index (χ4v) is 3.37. The standard InChI is InChI=1S/C22H15BN2O5S/c23-14-5-7-15(8-6-14)25-20(27)17(19(26)24-22(25)31)11-16-9-10-18(30-16)12-1-3-13(4-2-12)21(28)29/h1-11H,23H2,(H,28,29)(H,24,26,31)/b17-11+. The van der Waals surface area contributed by atoms with Gasteiger partial charge in [0.05, 0.1) is 11.3 Å². The van der Waals surface area contributed by atoms with Gasteiger partial charge in [-0.25, -0.2) is 4.79 Å². The molecule has 0 spiro atoms. The smallest absolute Gasteiger partial charge is 0.335 e. The second-order valence-corrected chi connectivity index (χ2v) is 7.26. The van der Waals surface area contributed by atoms with Gasteiger partial charge in [-0.1, -0.05) is 29.7 Å². The van der Waals surface area contributed by atoms with E-state index in [1.54, 1.807) is 36.4 Å². The summed E-state index contributed by atoms with van der Waals surface area (Å²) in [4.78, 5) is 37.7. The first kappa shape index (κ1) is 20.3. The number of carboxylic acid groups (broad SMARTS) is 1. The maximum absolute atomic E-state index is 13.0. The third kappa shape index (κ3) is 4.03. The number of aromatic carboxylic acids is 1. The number of amides is 2. The Morgan fingerprint density at radius 3 is 2.35 bits per heavy atom. The summed E-state index contributed by atoms with van der Waals surface area (Å²) in [6.45, 7) is 0. The number of thiocarbonyl (C=S) groups is 1. The minimum absolute atomic E-state index is 0.00894. The molecule has 31 heavy (non-hydrogen) atoms. The zero-order chi connectivity index (χ0) is 22.1. The first-order chi connectivity index (χ1) is 14.8. The van der Waals surface area contributed by atoms with E-state index in [1.165, 1.54) is 23.1 Å². The second-order valence-electron chi connectivity index (χ2n) is 6.88. The predicted molar refractivity (Wildman–Crippen MR) is 122 cm³/mol. The summed E-state index contributed by atoms with van der Waals surface area (Å²) < 4.78 is 5.75. The number of carbonyl (C=O) groups excluding carboxylic acids is 2. The SMILES string of the molecule is Bc1ccc(N2C(=O)/C(=C/c3ccc(-c4ccc(C(=O)O)cc4)o3)C(=O)NC2=S)cc1. The maximum atomic E-state index is 13.0. The number of carbonyl (C=O) groups is 3. The van der Waals surface area contributed by atoms with Crippen molar-refractivity contribution >= 4 is 60.2 Å². The van der Waals surface area contributed by atoms with Crippen LogP contribution in [-0.4, -0.2) is 35.8 Å². The lowest BCUT2D eigenvalue weighted by Crippen LogP contribution is -2.54. The number of hydrogen-bond acceptors (Lipinski definition) is 5. The van der Waals surface area contributed by atoms with E-state index >= 15 is 0 Å². The van der Waals surface area contributed by atoms with Crippen LogP contribution in [0.5, 0.6) is 0 Å². The molecule has 2 aromatic carbocycles. The predicted octanol–water partition coefficient (Wildman–Crippen LogP) is 1.73. The molecular formula is C22H15BN2O5S. The van der Waals surface area contributed by atoms with Gasteiger partial charge in [0.1, 0.15) is 24.9 Å². The molecular weight excluding hydrogens is 415 g/mol. The number of nitrogens with one attached hydrogen (secondary N) is 1. The fraction of sp³-hybridized carbons (Fsp3) is 0. The van der Waals surface area contributed by atoms with Crippen LogP contribution in [0.25, 0.3) is 17.4 Å². The lowest BCUT2D eigenvalue weighted by molar-refractivity contribution is -0.122. The number of furan rings is 1. The maximum Gasteiger partial charge on any atom is 0.335 e. The number of nitrogens with zero attached hydrogens (tertiary/aromatic N) is 1. The minimum atomic E-state index is -1.02. The molecule has 1 aliphatic heterocycles. The quantitative estimate of drug-likeness (QED) is 0.283. The summed E-state index contributed by atoms with van der Waals surface area (Å²) in [6, 6.07) is 16.7. The highest BCUT2D eigenvalue weighted by atomic mass is 32.1. The molecule has 0 saturated carbocycles. The highest BCUT2D eigenvalue weighted by Crippen LogP contribution is 2.26. The molecule has 2 amide bonds. The van der Waals surface area contributed by atoms with Crippen LogP contribution in [0.3, 0.4) is 0 Å². The molecule has 0 aliphatic carbocycles. The Morgan fingerprint density at radius 2 is 1.71 bits per heavy atom. The van der Waals surface area contributed by atoms with Crippen molar-refractivity contribution in [2.75, 3.05) is 4.90 Å². The molecule has 3 aromatic rings. The van der Waals surface area contributed by atoms with Crippen LogP contribution in [-0.2, 0) is 9.59 Å². The van der Waals surface area contributed by atoms with Crippen molar-refractivity contribution in [3.05, 3.63) is 77.6 Å². The monoisotopic (exact) mass is 430 g/mol. The minimum Gasteiger partial charge on any atom is -0.478 e. The topological polar surface area (TPSA) is 99.8 Å². The Bertz CT molecular complexity index is 1250. The Balaban J connectivity index is 1.63.